The molecule has 0 radical (unpaired) electrons. The van der Waals surface area contributed by atoms with Crippen LogP contribution in [0, 0.1) is 11.3 Å². The molecule has 0 heterocycles. The molecule has 1 atom stereocenters. The van der Waals surface area contributed by atoms with Gasteiger partial charge < -0.3 is 0 Å². The summed E-state index contributed by atoms with van der Waals surface area (Å²) in [7, 11) is 0. The molecule has 0 fully saturated rings. The van der Waals surface area contributed by atoms with E-state index in [4.69, 9.17) is 0 Å². The summed E-state index contributed by atoms with van der Waals surface area (Å²) in [6, 6.07) is 15.8. The molecule has 0 amide bonds. The maximum absolute atomic E-state index is 13.4. The zero-order chi connectivity index (χ0) is 20.7. The van der Waals surface area contributed by atoms with Crippen molar-refractivity contribution in [1.29, 1.82) is 0 Å². The average molecular weight is 379 g/mol. The van der Waals surface area contributed by atoms with E-state index in [-0.39, 0.29) is 17.3 Å². The number of hydrogen-bond acceptors (Lipinski definition) is 3. The van der Waals surface area contributed by atoms with Crippen molar-refractivity contribution in [3.8, 4) is 0 Å². The van der Waals surface area contributed by atoms with E-state index in [0.717, 1.165) is 0 Å². The van der Waals surface area contributed by atoms with Crippen LogP contribution in [0.1, 0.15) is 79.7 Å². The second-order valence-corrected chi connectivity index (χ2v) is 7.27. The molecular weight excluding hydrogens is 348 g/mol. The predicted octanol–water partition coefficient (Wildman–Crippen LogP) is 5.91. The van der Waals surface area contributed by atoms with Crippen LogP contribution in [0.3, 0.4) is 0 Å². The highest BCUT2D eigenvalue weighted by Gasteiger charge is 2.40. The number of ketones is 3. The Morgan fingerprint density at radius 2 is 1.25 bits per heavy atom. The van der Waals surface area contributed by atoms with Crippen LogP contribution in [-0.4, -0.2) is 17.3 Å². The molecule has 0 aromatic heterocycles. The van der Waals surface area contributed by atoms with Gasteiger partial charge >= 0.3 is 0 Å². The number of benzene rings is 2. The fourth-order valence-electron chi connectivity index (χ4n) is 3.96. The highest BCUT2D eigenvalue weighted by atomic mass is 16.2. The molecule has 3 nitrogen and oxygen atoms in total. The van der Waals surface area contributed by atoms with E-state index < -0.39 is 11.3 Å². The first kappa shape index (κ1) is 21.7. The van der Waals surface area contributed by atoms with Crippen LogP contribution >= 0.6 is 0 Å². The Morgan fingerprint density at radius 1 is 0.750 bits per heavy atom. The molecule has 0 aliphatic heterocycles. The van der Waals surface area contributed by atoms with Crippen molar-refractivity contribution in [2.75, 3.05) is 0 Å². The molecule has 2 aromatic rings. The highest BCUT2D eigenvalue weighted by Crippen LogP contribution is 2.36. The molecule has 28 heavy (non-hydrogen) atoms. The monoisotopic (exact) mass is 378 g/mol. The Morgan fingerprint density at radius 3 is 1.75 bits per heavy atom. The normalized spacial score (nSPS) is 12.4. The van der Waals surface area contributed by atoms with E-state index in [2.05, 4.69) is 0 Å². The van der Waals surface area contributed by atoms with Gasteiger partial charge in [0.1, 0.15) is 5.78 Å². The second-order valence-electron chi connectivity index (χ2n) is 7.27. The summed E-state index contributed by atoms with van der Waals surface area (Å²) in [6.45, 7) is 7.90. The van der Waals surface area contributed by atoms with Gasteiger partial charge in [-0.25, -0.2) is 0 Å². The van der Waals surface area contributed by atoms with E-state index in [0.29, 0.717) is 42.4 Å². The largest absolute Gasteiger partial charge is 0.298 e. The molecule has 0 N–H and O–H groups in total. The Bertz CT molecular complexity index is 824. The summed E-state index contributed by atoms with van der Waals surface area (Å²) in [5, 5.41) is 0. The number of hydrogen-bond donors (Lipinski definition) is 0. The Balaban J connectivity index is 2.46. The van der Waals surface area contributed by atoms with E-state index in [1.165, 1.54) is 0 Å². The molecule has 0 aliphatic carbocycles. The number of carbonyl (C=O) groups excluding carboxylic acids is 3. The minimum absolute atomic E-state index is 0.00876. The minimum Gasteiger partial charge on any atom is -0.298 e. The number of carbonyl (C=O) groups is 3. The standard InChI is InChI=1S/C25H30O3/c1-5-19(24(28)25(6-2,7-3)8-4)23(27)21-17-13-12-16-20(21)22(26)18-14-10-9-11-15-18/h9-17,19H,5-8H2,1-4H3. The highest BCUT2D eigenvalue weighted by molar-refractivity contribution is 6.19. The van der Waals surface area contributed by atoms with Crippen LogP contribution in [-0.2, 0) is 4.79 Å². The lowest BCUT2D eigenvalue weighted by atomic mass is 9.69. The topological polar surface area (TPSA) is 51.2 Å². The summed E-state index contributed by atoms with van der Waals surface area (Å²) in [5.74, 6) is -1.15. The summed E-state index contributed by atoms with van der Waals surface area (Å²) in [5.41, 5.74) is 0.760. The molecule has 2 aromatic carbocycles. The number of rotatable bonds is 10. The maximum Gasteiger partial charge on any atom is 0.193 e. The Labute approximate surface area is 168 Å². The van der Waals surface area contributed by atoms with Gasteiger partial charge in [0.25, 0.3) is 0 Å². The summed E-state index contributed by atoms with van der Waals surface area (Å²) in [4.78, 5) is 39.7. The second kappa shape index (κ2) is 9.59. The molecular formula is C25H30O3. The van der Waals surface area contributed by atoms with Crippen LogP contribution in [0.2, 0.25) is 0 Å². The third-order valence-corrected chi connectivity index (χ3v) is 6.07. The third kappa shape index (κ3) is 4.14. The zero-order valence-electron chi connectivity index (χ0n) is 17.3. The third-order valence-electron chi connectivity index (χ3n) is 6.07. The van der Waals surface area contributed by atoms with E-state index in [9.17, 15) is 14.4 Å². The Hall–Kier alpha value is -2.55. The number of Topliss-reactive ketones (excluding diaryl/α,β-unsaturated/α-hetero) is 2. The van der Waals surface area contributed by atoms with E-state index in [1.54, 1.807) is 48.5 Å². The molecule has 1 unspecified atom stereocenters. The zero-order valence-corrected chi connectivity index (χ0v) is 17.3. The molecule has 0 spiro atoms. The maximum atomic E-state index is 13.4. The fraction of sp³-hybridized carbons (Fsp3) is 0.400. The molecule has 2 rings (SSSR count). The van der Waals surface area contributed by atoms with Crippen LogP contribution in [0.5, 0.6) is 0 Å². The molecule has 0 aliphatic rings. The van der Waals surface area contributed by atoms with E-state index >= 15 is 0 Å². The van der Waals surface area contributed by atoms with E-state index in [1.807, 2.05) is 33.8 Å². The summed E-state index contributed by atoms with van der Waals surface area (Å²) < 4.78 is 0. The van der Waals surface area contributed by atoms with Crippen molar-refractivity contribution >= 4 is 17.3 Å². The first-order chi connectivity index (χ1) is 13.5. The first-order valence-corrected chi connectivity index (χ1v) is 10.2. The van der Waals surface area contributed by atoms with Crippen LogP contribution in [0.25, 0.3) is 0 Å². The molecule has 0 saturated heterocycles. The SMILES string of the molecule is CCC(C(=O)c1ccccc1C(=O)c1ccccc1)C(=O)C(CC)(CC)CC. The minimum atomic E-state index is -0.718. The van der Waals surface area contributed by atoms with Crippen molar-refractivity contribution in [2.45, 2.75) is 53.4 Å². The average Bonchev–Trinajstić information content (AvgIpc) is 2.76. The van der Waals surface area contributed by atoms with Crippen molar-refractivity contribution in [3.63, 3.8) is 0 Å². The van der Waals surface area contributed by atoms with Gasteiger partial charge in [0, 0.05) is 22.1 Å². The quantitative estimate of drug-likeness (QED) is 0.381. The van der Waals surface area contributed by atoms with Crippen molar-refractivity contribution in [3.05, 3.63) is 71.3 Å². The Kier molecular flexibility index (Phi) is 7.45. The van der Waals surface area contributed by atoms with Gasteiger partial charge in [0.05, 0.1) is 5.92 Å². The first-order valence-electron chi connectivity index (χ1n) is 10.2. The lowest BCUT2D eigenvalue weighted by Crippen LogP contribution is -2.38. The van der Waals surface area contributed by atoms with Crippen LogP contribution in [0.4, 0.5) is 0 Å². The molecule has 148 valence electrons. The van der Waals surface area contributed by atoms with Gasteiger partial charge in [-0.2, -0.15) is 0 Å². The van der Waals surface area contributed by atoms with Gasteiger partial charge in [-0.1, -0.05) is 82.3 Å². The van der Waals surface area contributed by atoms with Crippen LogP contribution in [0.15, 0.2) is 54.6 Å². The van der Waals surface area contributed by atoms with Gasteiger partial charge in [-0.05, 0) is 25.7 Å². The van der Waals surface area contributed by atoms with Crippen molar-refractivity contribution in [2.24, 2.45) is 11.3 Å². The smallest absolute Gasteiger partial charge is 0.193 e. The van der Waals surface area contributed by atoms with Gasteiger partial charge in [0.2, 0.25) is 0 Å². The van der Waals surface area contributed by atoms with Crippen LogP contribution < -0.4 is 0 Å². The molecule has 0 saturated carbocycles. The van der Waals surface area contributed by atoms with Crippen molar-refractivity contribution in [1.82, 2.24) is 0 Å². The van der Waals surface area contributed by atoms with Gasteiger partial charge in [-0.3, -0.25) is 14.4 Å². The van der Waals surface area contributed by atoms with Crippen molar-refractivity contribution < 1.29 is 14.4 Å². The van der Waals surface area contributed by atoms with Gasteiger partial charge in [-0.15, -0.1) is 0 Å². The molecule has 0 bridgehead atoms. The summed E-state index contributed by atoms with van der Waals surface area (Å²) >= 11 is 0. The molecule has 3 heteroatoms. The summed E-state index contributed by atoms with van der Waals surface area (Å²) in [6.07, 6.45) is 2.58. The lowest BCUT2D eigenvalue weighted by Gasteiger charge is -2.32. The lowest BCUT2D eigenvalue weighted by molar-refractivity contribution is -0.132. The predicted molar refractivity (Wildman–Crippen MR) is 113 cm³/mol. The fourth-order valence-corrected chi connectivity index (χ4v) is 3.96. The van der Waals surface area contributed by atoms with Gasteiger partial charge in [0.15, 0.2) is 11.6 Å².